The van der Waals surface area contributed by atoms with Crippen molar-refractivity contribution in [1.29, 1.82) is 10.8 Å². The topological polar surface area (TPSA) is 47.7 Å². The number of hydrogen-bond donors (Lipinski definition) is 2. The van der Waals surface area contributed by atoms with Crippen molar-refractivity contribution in [3.05, 3.63) is 22.1 Å². The smallest absolute Gasteiger partial charge is 0.116 e. The fourth-order valence-corrected chi connectivity index (χ4v) is 0.924. The van der Waals surface area contributed by atoms with Gasteiger partial charge in [0.05, 0.1) is 11.4 Å². The molecule has 0 saturated heterocycles. The molecule has 0 aliphatic heterocycles. The maximum absolute atomic E-state index is 7.27. The zero-order valence-corrected chi connectivity index (χ0v) is 6.70. The van der Waals surface area contributed by atoms with Crippen LogP contribution in [0.1, 0.15) is 0 Å². The molecule has 1 aliphatic rings. The van der Waals surface area contributed by atoms with E-state index in [9.17, 15) is 0 Å². The SMILES string of the molecule is [B]C1=CC=C(Br)C(=N)C1=N. The summed E-state index contributed by atoms with van der Waals surface area (Å²) in [5.74, 6) is 0. The molecule has 1 rings (SSSR count). The summed E-state index contributed by atoms with van der Waals surface area (Å²) in [4.78, 5) is 0. The first kappa shape index (κ1) is 7.47. The summed E-state index contributed by atoms with van der Waals surface area (Å²) in [5, 5.41) is 14.5. The van der Waals surface area contributed by atoms with Crippen LogP contribution in [0.4, 0.5) is 0 Å². The molecule has 2 nitrogen and oxygen atoms in total. The summed E-state index contributed by atoms with van der Waals surface area (Å²) < 4.78 is 0.603. The van der Waals surface area contributed by atoms with Gasteiger partial charge in [0.2, 0.25) is 0 Å². The number of rotatable bonds is 0. The van der Waals surface area contributed by atoms with Gasteiger partial charge in [0, 0.05) is 4.48 Å². The molecule has 0 aromatic carbocycles. The molecule has 0 heterocycles. The summed E-state index contributed by atoms with van der Waals surface area (Å²) in [5.41, 5.74) is 0.558. The molecule has 10 heavy (non-hydrogen) atoms. The van der Waals surface area contributed by atoms with E-state index in [-0.39, 0.29) is 11.4 Å². The van der Waals surface area contributed by atoms with Gasteiger partial charge in [0.25, 0.3) is 0 Å². The van der Waals surface area contributed by atoms with E-state index in [4.69, 9.17) is 18.7 Å². The summed E-state index contributed by atoms with van der Waals surface area (Å²) in [6, 6.07) is 0. The van der Waals surface area contributed by atoms with Gasteiger partial charge in [-0.05, 0) is 22.0 Å². The van der Waals surface area contributed by atoms with Crippen LogP contribution in [-0.2, 0) is 0 Å². The summed E-state index contributed by atoms with van der Waals surface area (Å²) in [6.45, 7) is 0. The minimum Gasteiger partial charge on any atom is -0.299 e. The minimum atomic E-state index is 0.0781. The van der Waals surface area contributed by atoms with E-state index in [1.54, 1.807) is 12.2 Å². The molecular formula is C6H4BBrN2. The molecule has 0 aromatic heterocycles. The van der Waals surface area contributed by atoms with Crippen LogP contribution in [-0.4, -0.2) is 19.3 Å². The minimum absolute atomic E-state index is 0.0781. The molecule has 0 saturated carbocycles. The maximum atomic E-state index is 7.27. The first-order chi connectivity index (χ1) is 4.63. The van der Waals surface area contributed by atoms with Gasteiger partial charge >= 0.3 is 0 Å². The first-order valence-electron chi connectivity index (χ1n) is 2.64. The average molecular weight is 195 g/mol. The number of allylic oxidation sites excluding steroid dienone is 4. The highest BCUT2D eigenvalue weighted by atomic mass is 79.9. The summed E-state index contributed by atoms with van der Waals surface area (Å²) in [7, 11) is 5.36. The highest BCUT2D eigenvalue weighted by Crippen LogP contribution is 2.14. The van der Waals surface area contributed by atoms with Crippen LogP contribution in [0.3, 0.4) is 0 Å². The molecule has 0 amide bonds. The zero-order valence-electron chi connectivity index (χ0n) is 5.11. The largest absolute Gasteiger partial charge is 0.299 e. The van der Waals surface area contributed by atoms with E-state index < -0.39 is 0 Å². The third-order valence-electron chi connectivity index (χ3n) is 1.19. The van der Waals surface area contributed by atoms with Gasteiger partial charge in [-0.2, -0.15) is 0 Å². The molecule has 2 radical (unpaired) electrons. The van der Waals surface area contributed by atoms with Gasteiger partial charge in [0.15, 0.2) is 0 Å². The molecule has 4 heteroatoms. The van der Waals surface area contributed by atoms with E-state index in [0.29, 0.717) is 9.95 Å². The Bertz CT molecular complexity index is 229. The summed E-state index contributed by atoms with van der Waals surface area (Å²) in [6.07, 6.45) is 3.26. The lowest BCUT2D eigenvalue weighted by Crippen LogP contribution is -2.17. The number of hydrogen-bond acceptors (Lipinski definition) is 2. The van der Waals surface area contributed by atoms with Crippen LogP contribution in [0.2, 0.25) is 0 Å². The summed E-state index contributed by atoms with van der Waals surface area (Å²) >= 11 is 3.12. The standard InChI is InChI=1S/C6H4BBrN2/c7-3-1-2-4(8)6(10)5(3)9/h1-2,9-10H. The molecule has 0 atom stereocenters. The predicted octanol–water partition coefficient (Wildman–Crippen LogP) is 1.37. The second-order valence-electron chi connectivity index (χ2n) is 1.89. The second-order valence-corrected chi connectivity index (χ2v) is 2.74. The van der Waals surface area contributed by atoms with Crippen molar-refractivity contribution in [3.63, 3.8) is 0 Å². The molecule has 48 valence electrons. The Labute approximate surface area is 68.6 Å². The number of halogens is 1. The predicted molar refractivity (Wildman–Crippen MR) is 46.3 cm³/mol. The van der Waals surface area contributed by atoms with Gasteiger partial charge in [0.1, 0.15) is 7.85 Å². The monoisotopic (exact) mass is 194 g/mol. The van der Waals surface area contributed by atoms with Crippen molar-refractivity contribution in [2.45, 2.75) is 0 Å². The Morgan fingerprint density at radius 2 is 1.80 bits per heavy atom. The van der Waals surface area contributed by atoms with Crippen molar-refractivity contribution in [2.24, 2.45) is 0 Å². The van der Waals surface area contributed by atoms with E-state index >= 15 is 0 Å². The Kier molecular flexibility index (Phi) is 1.90. The highest BCUT2D eigenvalue weighted by molar-refractivity contribution is 9.12. The van der Waals surface area contributed by atoms with Crippen LogP contribution in [0, 0.1) is 10.8 Å². The molecule has 0 aromatic rings. The molecule has 2 N–H and O–H groups in total. The highest BCUT2D eigenvalue weighted by Gasteiger charge is 2.12. The fourth-order valence-electron chi connectivity index (χ4n) is 0.593. The zero-order chi connectivity index (χ0) is 7.72. The van der Waals surface area contributed by atoms with E-state index in [1.165, 1.54) is 0 Å². The van der Waals surface area contributed by atoms with Crippen molar-refractivity contribution < 1.29 is 0 Å². The first-order valence-corrected chi connectivity index (χ1v) is 3.43. The van der Waals surface area contributed by atoms with Crippen molar-refractivity contribution in [3.8, 4) is 0 Å². The fraction of sp³-hybridized carbons (Fsp3) is 0. The quantitative estimate of drug-likeness (QED) is 0.433. The third kappa shape index (κ3) is 1.11. The molecule has 0 spiro atoms. The Hall–Kier alpha value is -0.635. The maximum Gasteiger partial charge on any atom is 0.116 e. The third-order valence-corrected chi connectivity index (χ3v) is 1.85. The lowest BCUT2D eigenvalue weighted by molar-refractivity contribution is 1.48. The Morgan fingerprint density at radius 3 is 2.30 bits per heavy atom. The van der Waals surface area contributed by atoms with Gasteiger partial charge in [-0.1, -0.05) is 11.5 Å². The van der Waals surface area contributed by atoms with Gasteiger partial charge in [-0.3, -0.25) is 10.8 Å². The molecule has 0 bridgehead atoms. The lowest BCUT2D eigenvalue weighted by atomic mass is 9.85. The molecular weight excluding hydrogens is 191 g/mol. The number of nitrogens with one attached hydrogen (secondary N) is 2. The van der Waals surface area contributed by atoms with Crippen molar-refractivity contribution in [2.75, 3.05) is 0 Å². The van der Waals surface area contributed by atoms with Crippen LogP contribution >= 0.6 is 15.9 Å². The lowest BCUT2D eigenvalue weighted by Gasteiger charge is -2.09. The van der Waals surface area contributed by atoms with Gasteiger partial charge in [-0.15, -0.1) is 0 Å². The molecule has 0 unspecified atom stereocenters. The molecule has 0 fully saturated rings. The Balaban J connectivity index is 3.09. The van der Waals surface area contributed by atoms with Crippen LogP contribution in [0.15, 0.2) is 22.1 Å². The van der Waals surface area contributed by atoms with E-state index in [1.807, 2.05) is 0 Å². The van der Waals surface area contributed by atoms with Gasteiger partial charge < -0.3 is 0 Å². The van der Waals surface area contributed by atoms with E-state index in [2.05, 4.69) is 15.9 Å². The van der Waals surface area contributed by atoms with Crippen LogP contribution in [0.25, 0.3) is 0 Å². The van der Waals surface area contributed by atoms with Crippen molar-refractivity contribution >= 4 is 35.2 Å². The second kappa shape index (κ2) is 2.54. The average Bonchev–Trinajstić information content (AvgIpc) is 1.93. The normalized spacial score (nSPS) is 18.5. The van der Waals surface area contributed by atoms with Crippen molar-refractivity contribution in [1.82, 2.24) is 0 Å². The van der Waals surface area contributed by atoms with Crippen LogP contribution < -0.4 is 0 Å². The Morgan fingerprint density at radius 1 is 1.20 bits per heavy atom. The van der Waals surface area contributed by atoms with E-state index in [0.717, 1.165) is 0 Å². The van der Waals surface area contributed by atoms with Gasteiger partial charge in [-0.25, -0.2) is 0 Å². The van der Waals surface area contributed by atoms with Crippen LogP contribution in [0.5, 0.6) is 0 Å². The molecule has 1 aliphatic carbocycles.